The van der Waals surface area contributed by atoms with Crippen LogP contribution in [0, 0.1) is 6.92 Å². The van der Waals surface area contributed by atoms with E-state index in [4.69, 9.17) is 4.74 Å². The second-order valence-corrected chi connectivity index (χ2v) is 4.97. The highest BCUT2D eigenvalue weighted by Crippen LogP contribution is 2.18. The monoisotopic (exact) mass is 254 g/mol. The van der Waals surface area contributed by atoms with Gasteiger partial charge in [0.2, 0.25) is 0 Å². The van der Waals surface area contributed by atoms with Crippen LogP contribution < -0.4 is 4.74 Å². The Labute approximate surface area is 116 Å². The Morgan fingerprint density at radius 2 is 1.58 bits per heavy atom. The van der Waals surface area contributed by atoms with Gasteiger partial charge in [-0.15, -0.1) is 0 Å². The first-order valence-corrected chi connectivity index (χ1v) is 7.06. The maximum atomic E-state index is 5.84. The summed E-state index contributed by atoms with van der Waals surface area (Å²) >= 11 is 0. The van der Waals surface area contributed by atoms with Crippen LogP contribution in [0.4, 0.5) is 0 Å². The molecule has 0 saturated carbocycles. The van der Waals surface area contributed by atoms with E-state index in [2.05, 4.69) is 44.2 Å². The first-order chi connectivity index (χ1) is 9.29. The molecule has 0 unspecified atom stereocenters. The lowest BCUT2D eigenvalue weighted by Gasteiger charge is -2.09. The molecule has 0 radical (unpaired) electrons. The van der Waals surface area contributed by atoms with Gasteiger partial charge in [0.05, 0.1) is 0 Å². The van der Waals surface area contributed by atoms with Crippen LogP contribution in [0.5, 0.6) is 5.75 Å². The summed E-state index contributed by atoms with van der Waals surface area (Å²) in [6.07, 6.45) is 3.69. The Hall–Kier alpha value is -1.76. The van der Waals surface area contributed by atoms with Crippen molar-refractivity contribution < 1.29 is 4.74 Å². The molecule has 0 fully saturated rings. The normalized spacial score (nSPS) is 10.4. The molecule has 0 spiro atoms. The average Bonchev–Trinajstić information content (AvgIpc) is 2.45. The summed E-state index contributed by atoms with van der Waals surface area (Å²) in [5.41, 5.74) is 3.83. The van der Waals surface area contributed by atoms with E-state index in [9.17, 15) is 0 Å². The third-order valence-electron chi connectivity index (χ3n) is 3.33. The van der Waals surface area contributed by atoms with Gasteiger partial charge in [-0.05, 0) is 42.5 Å². The minimum atomic E-state index is 0.638. The number of hydrogen-bond acceptors (Lipinski definition) is 1. The summed E-state index contributed by atoms with van der Waals surface area (Å²) in [4.78, 5) is 0. The van der Waals surface area contributed by atoms with Gasteiger partial charge in [-0.25, -0.2) is 0 Å². The third-order valence-corrected chi connectivity index (χ3v) is 3.33. The number of aryl methyl sites for hydroxylation is 2. The van der Waals surface area contributed by atoms with E-state index in [1.807, 2.05) is 18.2 Å². The number of ether oxygens (including phenoxy) is 1. The summed E-state index contributed by atoms with van der Waals surface area (Å²) in [5, 5.41) is 0. The van der Waals surface area contributed by atoms with Crippen molar-refractivity contribution in [2.24, 2.45) is 0 Å². The van der Waals surface area contributed by atoms with E-state index in [1.165, 1.54) is 36.0 Å². The molecule has 0 saturated heterocycles. The fraction of sp³-hybridized carbons (Fsp3) is 0.333. The number of benzene rings is 2. The largest absolute Gasteiger partial charge is 0.489 e. The van der Waals surface area contributed by atoms with Crippen LogP contribution in [-0.4, -0.2) is 0 Å². The lowest BCUT2D eigenvalue weighted by atomic mass is 10.1. The van der Waals surface area contributed by atoms with Crippen molar-refractivity contribution >= 4 is 0 Å². The van der Waals surface area contributed by atoms with Gasteiger partial charge in [0.15, 0.2) is 0 Å². The van der Waals surface area contributed by atoms with E-state index in [-0.39, 0.29) is 0 Å². The molecule has 0 aromatic heterocycles. The second kappa shape index (κ2) is 6.98. The van der Waals surface area contributed by atoms with Crippen molar-refractivity contribution in [1.29, 1.82) is 0 Å². The Balaban J connectivity index is 1.91. The summed E-state index contributed by atoms with van der Waals surface area (Å²) in [6, 6.07) is 16.9. The Kier molecular flexibility index (Phi) is 5.02. The molecule has 2 rings (SSSR count). The summed E-state index contributed by atoms with van der Waals surface area (Å²) in [5.74, 6) is 0.970. The highest BCUT2D eigenvalue weighted by Gasteiger charge is 1.99. The van der Waals surface area contributed by atoms with Gasteiger partial charge < -0.3 is 4.74 Å². The van der Waals surface area contributed by atoms with Crippen LogP contribution in [-0.2, 0) is 13.0 Å². The number of para-hydroxylation sites is 1. The first-order valence-electron chi connectivity index (χ1n) is 7.06. The van der Waals surface area contributed by atoms with Gasteiger partial charge >= 0.3 is 0 Å². The summed E-state index contributed by atoms with van der Waals surface area (Å²) < 4.78 is 5.84. The van der Waals surface area contributed by atoms with Crippen LogP contribution in [0.25, 0.3) is 0 Å². The quantitative estimate of drug-likeness (QED) is 0.711. The van der Waals surface area contributed by atoms with Gasteiger partial charge in [-0.2, -0.15) is 0 Å². The van der Waals surface area contributed by atoms with Gasteiger partial charge in [-0.1, -0.05) is 55.8 Å². The van der Waals surface area contributed by atoms with Crippen LogP contribution in [0.3, 0.4) is 0 Å². The van der Waals surface area contributed by atoms with Gasteiger partial charge in [0.1, 0.15) is 12.4 Å². The molecule has 0 amide bonds. The molecule has 2 aromatic carbocycles. The Bertz CT molecular complexity index is 499. The van der Waals surface area contributed by atoms with E-state index in [1.54, 1.807) is 0 Å². The van der Waals surface area contributed by atoms with Crippen molar-refractivity contribution in [3.05, 3.63) is 65.2 Å². The van der Waals surface area contributed by atoms with Gasteiger partial charge in [0.25, 0.3) is 0 Å². The van der Waals surface area contributed by atoms with Crippen molar-refractivity contribution in [3.63, 3.8) is 0 Å². The molecule has 0 atom stereocenters. The first kappa shape index (κ1) is 13.7. The van der Waals surface area contributed by atoms with Crippen molar-refractivity contribution in [3.8, 4) is 5.75 Å². The van der Waals surface area contributed by atoms with Crippen LogP contribution in [0.15, 0.2) is 48.5 Å². The highest BCUT2D eigenvalue weighted by molar-refractivity contribution is 5.32. The van der Waals surface area contributed by atoms with Crippen molar-refractivity contribution in [2.45, 2.75) is 39.7 Å². The molecule has 0 N–H and O–H groups in total. The molecule has 0 aliphatic rings. The predicted molar refractivity (Wildman–Crippen MR) is 80.6 cm³/mol. The maximum Gasteiger partial charge on any atom is 0.122 e. The fourth-order valence-electron chi connectivity index (χ4n) is 2.06. The fourth-order valence-corrected chi connectivity index (χ4v) is 2.06. The topological polar surface area (TPSA) is 9.23 Å². The zero-order chi connectivity index (χ0) is 13.5. The van der Waals surface area contributed by atoms with Gasteiger partial charge in [0, 0.05) is 0 Å². The second-order valence-electron chi connectivity index (χ2n) is 4.97. The SMILES string of the molecule is CCCCc1ccc(COc2ccccc2C)cc1. The standard InChI is InChI=1S/C18H22O/c1-3-4-8-16-10-12-17(13-11-16)14-19-18-9-6-5-7-15(18)2/h5-7,9-13H,3-4,8,14H2,1-2H3. The Morgan fingerprint density at radius 1 is 0.895 bits per heavy atom. The van der Waals surface area contributed by atoms with Crippen molar-refractivity contribution in [1.82, 2.24) is 0 Å². The minimum Gasteiger partial charge on any atom is -0.489 e. The van der Waals surface area contributed by atoms with E-state index in [0.717, 1.165) is 5.75 Å². The maximum absolute atomic E-state index is 5.84. The highest BCUT2D eigenvalue weighted by atomic mass is 16.5. The van der Waals surface area contributed by atoms with Crippen molar-refractivity contribution in [2.75, 3.05) is 0 Å². The molecular formula is C18H22O. The molecule has 1 nitrogen and oxygen atoms in total. The van der Waals surface area contributed by atoms with E-state index in [0.29, 0.717) is 6.61 Å². The molecule has 19 heavy (non-hydrogen) atoms. The molecule has 1 heteroatoms. The zero-order valence-electron chi connectivity index (χ0n) is 11.9. The Morgan fingerprint density at radius 3 is 2.26 bits per heavy atom. The lowest BCUT2D eigenvalue weighted by molar-refractivity contribution is 0.304. The molecule has 0 aliphatic carbocycles. The van der Waals surface area contributed by atoms with E-state index < -0.39 is 0 Å². The predicted octanol–water partition coefficient (Wildman–Crippen LogP) is 4.92. The zero-order valence-corrected chi connectivity index (χ0v) is 11.9. The smallest absolute Gasteiger partial charge is 0.122 e. The summed E-state index contributed by atoms with van der Waals surface area (Å²) in [6.45, 7) is 4.94. The van der Waals surface area contributed by atoms with Gasteiger partial charge in [-0.3, -0.25) is 0 Å². The van der Waals surface area contributed by atoms with Crippen LogP contribution in [0.2, 0.25) is 0 Å². The minimum absolute atomic E-state index is 0.638. The average molecular weight is 254 g/mol. The molecule has 0 bridgehead atoms. The lowest BCUT2D eigenvalue weighted by Crippen LogP contribution is -1.97. The molecule has 0 aliphatic heterocycles. The number of hydrogen-bond donors (Lipinski definition) is 0. The summed E-state index contributed by atoms with van der Waals surface area (Å²) in [7, 11) is 0. The molecule has 100 valence electrons. The molecule has 2 aromatic rings. The third kappa shape index (κ3) is 4.13. The van der Waals surface area contributed by atoms with Crippen LogP contribution in [0.1, 0.15) is 36.5 Å². The number of rotatable bonds is 6. The molecule has 0 heterocycles. The number of unbranched alkanes of at least 4 members (excludes halogenated alkanes) is 1. The van der Waals surface area contributed by atoms with E-state index >= 15 is 0 Å². The van der Waals surface area contributed by atoms with Crippen LogP contribution >= 0.6 is 0 Å². The molecular weight excluding hydrogens is 232 g/mol.